The van der Waals surface area contributed by atoms with E-state index in [1.54, 1.807) is 17.9 Å². The van der Waals surface area contributed by atoms with Gasteiger partial charge in [0.05, 0.1) is 11.4 Å². The van der Waals surface area contributed by atoms with E-state index in [0.29, 0.717) is 37.6 Å². The fourth-order valence-electron chi connectivity index (χ4n) is 3.17. The predicted octanol–water partition coefficient (Wildman–Crippen LogP) is 1.23. The van der Waals surface area contributed by atoms with Crippen molar-refractivity contribution in [3.05, 3.63) is 52.2 Å². The number of carbonyl (C=O) groups is 2. The molecule has 0 aliphatic carbocycles. The molecule has 2 amide bonds. The molecule has 1 saturated heterocycles. The average Bonchev–Trinajstić information content (AvgIpc) is 2.90. The number of amides is 2. The smallest absolute Gasteiger partial charge is 0.276 e. The van der Waals surface area contributed by atoms with Gasteiger partial charge >= 0.3 is 0 Å². The summed E-state index contributed by atoms with van der Waals surface area (Å²) in [4.78, 5) is 39.4. The Morgan fingerprint density at radius 3 is 2.61 bits per heavy atom. The Kier molecular flexibility index (Phi) is 5.72. The second-order valence-corrected chi connectivity index (χ2v) is 6.64. The maximum Gasteiger partial charge on any atom is 0.276 e. The average molecular weight is 387 g/mol. The van der Waals surface area contributed by atoms with Crippen LogP contribution in [0, 0.1) is 5.82 Å². The summed E-state index contributed by atoms with van der Waals surface area (Å²) in [6.07, 6.45) is 0.771. The zero-order chi connectivity index (χ0) is 20.3. The maximum absolute atomic E-state index is 13.8. The highest BCUT2D eigenvalue weighted by Gasteiger charge is 2.20. The van der Waals surface area contributed by atoms with Crippen LogP contribution in [0.2, 0.25) is 0 Å². The third-order valence-corrected chi connectivity index (χ3v) is 4.68. The number of nitrogens with zero attached hydrogens (tertiary/aromatic N) is 4. The van der Waals surface area contributed by atoms with Gasteiger partial charge in [-0.3, -0.25) is 14.4 Å². The first-order chi connectivity index (χ1) is 13.3. The molecule has 1 fully saturated rings. The predicted molar refractivity (Wildman–Crippen MR) is 103 cm³/mol. The normalized spacial score (nSPS) is 14.5. The van der Waals surface area contributed by atoms with Crippen LogP contribution in [0.1, 0.15) is 23.8 Å². The first kappa shape index (κ1) is 19.5. The van der Waals surface area contributed by atoms with Gasteiger partial charge in [0.2, 0.25) is 5.91 Å². The Hall–Kier alpha value is -3.23. The van der Waals surface area contributed by atoms with Crippen molar-refractivity contribution in [2.75, 3.05) is 36.4 Å². The SMILES string of the molecule is CC(=O)N1CCCN(c2ccc(F)cc2NC(=O)c2ccc(=O)n(C)n2)CC1. The third kappa shape index (κ3) is 4.36. The van der Waals surface area contributed by atoms with E-state index in [0.717, 1.165) is 11.1 Å². The van der Waals surface area contributed by atoms with Gasteiger partial charge in [-0.15, -0.1) is 0 Å². The fourth-order valence-corrected chi connectivity index (χ4v) is 3.17. The van der Waals surface area contributed by atoms with Gasteiger partial charge in [0.25, 0.3) is 11.5 Å². The van der Waals surface area contributed by atoms with Crippen LogP contribution in [0.4, 0.5) is 15.8 Å². The minimum atomic E-state index is -0.539. The molecule has 0 spiro atoms. The molecular formula is C19H22FN5O3. The molecule has 2 aromatic rings. The van der Waals surface area contributed by atoms with Crippen molar-refractivity contribution in [3.8, 4) is 0 Å². The molecule has 0 radical (unpaired) electrons. The van der Waals surface area contributed by atoms with E-state index in [1.807, 2.05) is 4.90 Å². The standard InChI is InChI=1S/C19H22FN5O3/c1-13(26)24-8-3-9-25(11-10-24)17-6-4-14(20)12-16(17)21-19(28)15-5-7-18(27)23(2)22-15/h4-7,12H,3,8-11H2,1-2H3,(H,21,28). The topological polar surface area (TPSA) is 87.5 Å². The number of halogens is 1. The van der Waals surface area contributed by atoms with Crippen molar-refractivity contribution in [1.29, 1.82) is 0 Å². The van der Waals surface area contributed by atoms with E-state index in [-0.39, 0.29) is 17.2 Å². The summed E-state index contributed by atoms with van der Waals surface area (Å²) in [5.41, 5.74) is 0.709. The quantitative estimate of drug-likeness (QED) is 0.856. The van der Waals surface area contributed by atoms with Crippen molar-refractivity contribution in [1.82, 2.24) is 14.7 Å². The highest BCUT2D eigenvalue weighted by atomic mass is 19.1. The number of aromatic nitrogens is 2. The molecule has 0 bridgehead atoms. The van der Waals surface area contributed by atoms with Gasteiger partial charge in [-0.2, -0.15) is 5.10 Å². The number of rotatable bonds is 3. The lowest BCUT2D eigenvalue weighted by molar-refractivity contribution is -0.128. The van der Waals surface area contributed by atoms with Gasteiger partial charge in [-0.1, -0.05) is 0 Å². The Balaban J connectivity index is 1.84. The van der Waals surface area contributed by atoms with E-state index >= 15 is 0 Å². The van der Waals surface area contributed by atoms with Gasteiger partial charge < -0.3 is 15.1 Å². The first-order valence-electron chi connectivity index (χ1n) is 9.01. The number of benzene rings is 1. The van der Waals surface area contributed by atoms with Crippen molar-refractivity contribution in [2.45, 2.75) is 13.3 Å². The lowest BCUT2D eigenvalue weighted by atomic mass is 10.2. The van der Waals surface area contributed by atoms with Crippen molar-refractivity contribution < 1.29 is 14.0 Å². The van der Waals surface area contributed by atoms with Crippen LogP contribution in [0.15, 0.2) is 35.1 Å². The monoisotopic (exact) mass is 387 g/mol. The fraction of sp³-hybridized carbons (Fsp3) is 0.368. The second-order valence-electron chi connectivity index (χ2n) is 6.64. The highest BCUT2D eigenvalue weighted by Crippen LogP contribution is 2.28. The maximum atomic E-state index is 13.8. The molecule has 2 heterocycles. The Bertz CT molecular complexity index is 959. The summed E-state index contributed by atoms with van der Waals surface area (Å²) in [6.45, 7) is 4.01. The molecule has 9 heteroatoms. The number of hydrogen-bond acceptors (Lipinski definition) is 5. The van der Waals surface area contributed by atoms with Crippen LogP contribution in [0.25, 0.3) is 0 Å². The third-order valence-electron chi connectivity index (χ3n) is 4.68. The van der Waals surface area contributed by atoms with Gasteiger partial charge in [-0.05, 0) is 30.7 Å². The number of anilines is 2. The Morgan fingerprint density at radius 2 is 1.89 bits per heavy atom. The number of carbonyl (C=O) groups excluding carboxylic acids is 2. The van der Waals surface area contributed by atoms with Crippen LogP contribution in [-0.2, 0) is 11.8 Å². The molecule has 148 valence electrons. The van der Waals surface area contributed by atoms with Crippen LogP contribution >= 0.6 is 0 Å². The summed E-state index contributed by atoms with van der Waals surface area (Å²) in [6, 6.07) is 6.78. The van der Waals surface area contributed by atoms with Crippen LogP contribution < -0.4 is 15.8 Å². The van der Waals surface area contributed by atoms with E-state index in [4.69, 9.17) is 0 Å². The summed E-state index contributed by atoms with van der Waals surface area (Å²) in [5, 5.41) is 6.61. The zero-order valence-electron chi connectivity index (χ0n) is 15.8. The minimum Gasteiger partial charge on any atom is -0.368 e. The molecule has 8 nitrogen and oxygen atoms in total. The molecule has 1 aromatic heterocycles. The molecule has 1 N–H and O–H groups in total. The molecule has 0 atom stereocenters. The van der Waals surface area contributed by atoms with E-state index in [1.165, 1.54) is 31.3 Å². The summed E-state index contributed by atoms with van der Waals surface area (Å²) < 4.78 is 14.9. The largest absolute Gasteiger partial charge is 0.368 e. The van der Waals surface area contributed by atoms with E-state index in [2.05, 4.69) is 10.4 Å². The second kappa shape index (κ2) is 8.20. The van der Waals surface area contributed by atoms with Crippen LogP contribution in [0.3, 0.4) is 0 Å². The van der Waals surface area contributed by atoms with Crippen molar-refractivity contribution in [2.24, 2.45) is 7.05 Å². The summed E-state index contributed by atoms with van der Waals surface area (Å²) >= 11 is 0. The molecule has 1 aliphatic heterocycles. The molecule has 1 aliphatic rings. The van der Waals surface area contributed by atoms with Gasteiger partial charge in [0.15, 0.2) is 0 Å². The molecule has 0 saturated carbocycles. The van der Waals surface area contributed by atoms with Crippen LogP contribution in [-0.4, -0.2) is 52.7 Å². The Morgan fingerprint density at radius 1 is 1.11 bits per heavy atom. The molecule has 28 heavy (non-hydrogen) atoms. The van der Waals surface area contributed by atoms with Crippen LogP contribution in [0.5, 0.6) is 0 Å². The number of hydrogen-bond donors (Lipinski definition) is 1. The van der Waals surface area contributed by atoms with Crippen molar-refractivity contribution >= 4 is 23.2 Å². The molecule has 3 rings (SSSR count). The zero-order valence-corrected chi connectivity index (χ0v) is 15.8. The van der Waals surface area contributed by atoms with Crippen molar-refractivity contribution in [3.63, 3.8) is 0 Å². The highest BCUT2D eigenvalue weighted by molar-refractivity contribution is 6.04. The van der Waals surface area contributed by atoms with Gasteiger partial charge in [-0.25, -0.2) is 9.07 Å². The minimum absolute atomic E-state index is 0.0234. The molecule has 1 aromatic carbocycles. The van der Waals surface area contributed by atoms with Gasteiger partial charge in [0, 0.05) is 46.2 Å². The summed E-state index contributed by atoms with van der Waals surface area (Å²) in [7, 11) is 1.45. The lowest BCUT2D eigenvalue weighted by Crippen LogP contribution is -2.34. The van der Waals surface area contributed by atoms with E-state index < -0.39 is 11.7 Å². The molecule has 0 unspecified atom stereocenters. The molecular weight excluding hydrogens is 365 g/mol. The Labute approximate surface area is 161 Å². The van der Waals surface area contributed by atoms with E-state index in [9.17, 15) is 18.8 Å². The number of nitrogens with one attached hydrogen (secondary N) is 1. The first-order valence-corrected chi connectivity index (χ1v) is 9.01. The lowest BCUT2D eigenvalue weighted by Gasteiger charge is -2.26. The number of aryl methyl sites for hydroxylation is 1. The summed E-state index contributed by atoms with van der Waals surface area (Å²) in [5.74, 6) is -0.995. The van der Waals surface area contributed by atoms with Gasteiger partial charge in [0.1, 0.15) is 11.5 Å².